The van der Waals surface area contributed by atoms with Crippen LogP contribution in [0.25, 0.3) is 0 Å². The fourth-order valence-corrected chi connectivity index (χ4v) is 3.69. The zero-order valence-electron chi connectivity index (χ0n) is 16.8. The lowest BCUT2D eigenvalue weighted by Crippen LogP contribution is -2.41. The number of aryl methyl sites for hydroxylation is 1. The van der Waals surface area contributed by atoms with Gasteiger partial charge in [0.25, 0.3) is 0 Å². The SMILES string of the molecule is Cc1ccc(B2OC(C)(C)C(C)(C)O2)cc1CN1CCCC(C(F)(F)F)C1. The zero-order chi connectivity index (χ0) is 20.0. The Labute approximate surface area is 160 Å². The first-order valence-corrected chi connectivity index (χ1v) is 9.63. The molecule has 1 atom stereocenters. The van der Waals surface area contributed by atoms with Crippen LogP contribution in [-0.4, -0.2) is 42.5 Å². The van der Waals surface area contributed by atoms with E-state index in [1.54, 1.807) is 0 Å². The molecular weight excluding hydrogens is 354 g/mol. The highest BCUT2D eigenvalue weighted by molar-refractivity contribution is 6.62. The van der Waals surface area contributed by atoms with Crippen molar-refractivity contribution in [3.05, 3.63) is 29.3 Å². The molecule has 2 saturated heterocycles. The minimum absolute atomic E-state index is 0.0731. The molecule has 2 heterocycles. The number of hydrogen-bond donors (Lipinski definition) is 0. The van der Waals surface area contributed by atoms with Crippen LogP contribution in [0.4, 0.5) is 13.2 Å². The maximum Gasteiger partial charge on any atom is 0.494 e. The second-order valence-corrected chi connectivity index (χ2v) is 8.89. The molecule has 0 radical (unpaired) electrons. The van der Waals surface area contributed by atoms with Gasteiger partial charge in [-0.25, -0.2) is 0 Å². The van der Waals surface area contributed by atoms with E-state index in [1.807, 2.05) is 57.7 Å². The summed E-state index contributed by atoms with van der Waals surface area (Å²) in [6, 6.07) is 6.01. The molecule has 0 saturated carbocycles. The molecule has 0 aliphatic carbocycles. The van der Waals surface area contributed by atoms with E-state index in [2.05, 4.69) is 0 Å². The smallest absolute Gasteiger partial charge is 0.399 e. The van der Waals surface area contributed by atoms with E-state index in [4.69, 9.17) is 9.31 Å². The average Bonchev–Trinajstić information content (AvgIpc) is 2.77. The molecular formula is C20H29BF3NO2. The number of likely N-dealkylation sites (tertiary alicyclic amines) is 1. The summed E-state index contributed by atoms with van der Waals surface area (Å²) in [5, 5.41) is 0. The Morgan fingerprint density at radius 2 is 1.78 bits per heavy atom. The summed E-state index contributed by atoms with van der Waals surface area (Å²) in [6.45, 7) is 11.3. The van der Waals surface area contributed by atoms with Crippen LogP contribution in [-0.2, 0) is 15.9 Å². The van der Waals surface area contributed by atoms with Gasteiger partial charge in [0.2, 0.25) is 0 Å². The molecule has 2 aliphatic rings. The van der Waals surface area contributed by atoms with Crippen molar-refractivity contribution in [2.75, 3.05) is 13.1 Å². The first kappa shape index (κ1) is 20.7. The van der Waals surface area contributed by atoms with Gasteiger partial charge in [-0.15, -0.1) is 0 Å². The molecule has 1 aromatic carbocycles. The normalized spacial score (nSPS) is 25.8. The lowest BCUT2D eigenvalue weighted by atomic mass is 9.77. The Morgan fingerprint density at radius 3 is 2.37 bits per heavy atom. The van der Waals surface area contributed by atoms with Crippen molar-refractivity contribution >= 4 is 12.6 Å². The predicted octanol–water partition coefficient (Wildman–Crippen LogP) is 4.07. The topological polar surface area (TPSA) is 21.7 Å². The van der Waals surface area contributed by atoms with Gasteiger partial charge in [0.15, 0.2) is 0 Å². The van der Waals surface area contributed by atoms with Crippen molar-refractivity contribution in [2.45, 2.75) is 71.4 Å². The van der Waals surface area contributed by atoms with Crippen LogP contribution in [0.3, 0.4) is 0 Å². The molecule has 0 spiro atoms. The molecule has 3 nitrogen and oxygen atoms in total. The number of halogens is 3. The van der Waals surface area contributed by atoms with E-state index >= 15 is 0 Å². The van der Waals surface area contributed by atoms with Crippen molar-refractivity contribution in [3.63, 3.8) is 0 Å². The fraction of sp³-hybridized carbons (Fsp3) is 0.700. The molecule has 0 bridgehead atoms. The van der Waals surface area contributed by atoms with Crippen molar-refractivity contribution in [1.82, 2.24) is 4.90 Å². The Kier molecular flexibility index (Phi) is 5.43. The van der Waals surface area contributed by atoms with Gasteiger partial charge in [0.05, 0.1) is 17.1 Å². The molecule has 1 unspecified atom stereocenters. The van der Waals surface area contributed by atoms with Crippen molar-refractivity contribution < 1.29 is 22.5 Å². The minimum atomic E-state index is -4.11. The molecule has 0 N–H and O–H groups in total. The summed E-state index contributed by atoms with van der Waals surface area (Å²) in [4.78, 5) is 1.91. The van der Waals surface area contributed by atoms with Gasteiger partial charge in [-0.3, -0.25) is 4.90 Å². The number of hydrogen-bond acceptors (Lipinski definition) is 3. The van der Waals surface area contributed by atoms with E-state index < -0.39 is 30.4 Å². The molecule has 2 fully saturated rings. The summed E-state index contributed by atoms with van der Waals surface area (Å²) in [5.41, 5.74) is 2.18. The van der Waals surface area contributed by atoms with Gasteiger partial charge < -0.3 is 9.31 Å². The Morgan fingerprint density at radius 1 is 1.15 bits per heavy atom. The lowest BCUT2D eigenvalue weighted by molar-refractivity contribution is -0.187. The van der Waals surface area contributed by atoms with Gasteiger partial charge in [0, 0.05) is 13.1 Å². The van der Waals surface area contributed by atoms with Gasteiger partial charge in [-0.2, -0.15) is 13.2 Å². The average molecular weight is 383 g/mol. The molecule has 27 heavy (non-hydrogen) atoms. The first-order valence-electron chi connectivity index (χ1n) is 9.63. The third-order valence-corrected chi connectivity index (χ3v) is 6.26. The third-order valence-electron chi connectivity index (χ3n) is 6.26. The summed E-state index contributed by atoms with van der Waals surface area (Å²) in [7, 11) is -0.460. The standard InChI is InChI=1S/C20H29BF3NO2/c1-14-8-9-17(21-26-18(2,3)19(4,5)27-21)11-15(14)12-25-10-6-7-16(13-25)20(22,23)24/h8-9,11,16H,6-7,10,12-13H2,1-5H3. The number of alkyl halides is 3. The van der Waals surface area contributed by atoms with Crippen LogP contribution in [0.1, 0.15) is 51.7 Å². The highest BCUT2D eigenvalue weighted by Gasteiger charge is 2.51. The molecule has 1 aromatic rings. The molecule has 0 amide bonds. The molecule has 3 rings (SSSR count). The quantitative estimate of drug-likeness (QED) is 0.735. The van der Waals surface area contributed by atoms with Crippen molar-refractivity contribution in [2.24, 2.45) is 5.92 Å². The summed E-state index contributed by atoms with van der Waals surface area (Å²) in [6.07, 6.45) is -3.30. The Hall–Kier alpha value is -1.05. The van der Waals surface area contributed by atoms with Gasteiger partial charge in [-0.05, 0) is 70.6 Å². The molecule has 0 aromatic heterocycles. The van der Waals surface area contributed by atoms with Crippen LogP contribution >= 0.6 is 0 Å². The number of rotatable bonds is 3. The van der Waals surface area contributed by atoms with Crippen molar-refractivity contribution in [3.8, 4) is 0 Å². The van der Waals surface area contributed by atoms with Crippen LogP contribution in [0.15, 0.2) is 18.2 Å². The highest BCUT2D eigenvalue weighted by Crippen LogP contribution is 2.37. The largest absolute Gasteiger partial charge is 0.494 e. The zero-order valence-corrected chi connectivity index (χ0v) is 16.8. The maximum atomic E-state index is 13.1. The minimum Gasteiger partial charge on any atom is -0.399 e. The number of piperidine rings is 1. The van der Waals surface area contributed by atoms with Crippen LogP contribution in [0.5, 0.6) is 0 Å². The van der Waals surface area contributed by atoms with E-state index in [0.29, 0.717) is 19.5 Å². The number of benzene rings is 1. The number of nitrogens with zero attached hydrogens (tertiary/aromatic N) is 1. The summed E-state index contributed by atoms with van der Waals surface area (Å²) in [5.74, 6) is -1.22. The molecule has 150 valence electrons. The molecule has 7 heteroatoms. The van der Waals surface area contributed by atoms with E-state index in [-0.39, 0.29) is 13.0 Å². The first-order chi connectivity index (χ1) is 12.4. The van der Waals surface area contributed by atoms with Gasteiger partial charge in [-0.1, -0.05) is 18.2 Å². The van der Waals surface area contributed by atoms with Crippen LogP contribution < -0.4 is 5.46 Å². The van der Waals surface area contributed by atoms with Crippen LogP contribution in [0.2, 0.25) is 0 Å². The second-order valence-electron chi connectivity index (χ2n) is 8.89. The molecule has 2 aliphatic heterocycles. The Bertz CT molecular complexity index is 674. The third kappa shape index (κ3) is 4.35. The van der Waals surface area contributed by atoms with E-state index in [9.17, 15) is 13.2 Å². The lowest BCUT2D eigenvalue weighted by Gasteiger charge is -2.34. The second kappa shape index (κ2) is 7.09. The van der Waals surface area contributed by atoms with Crippen LogP contribution in [0, 0.1) is 12.8 Å². The monoisotopic (exact) mass is 383 g/mol. The summed E-state index contributed by atoms with van der Waals surface area (Å²) >= 11 is 0. The Balaban J connectivity index is 1.75. The highest BCUT2D eigenvalue weighted by atomic mass is 19.4. The van der Waals surface area contributed by atoms with Gasteiger partial charge in [0.1, 0.15) is 0 Å². The summed E-state index contributed by atoms with van der Waals surface area (Å²) < 4.78 is 51.5. The maximum absolute atomic E-state index is 13.1. The fourth-order valence-electron chi connectivity index (χ4n) is 3.69. The predicted molar refractivity (Wildman–Crippen MR) is 101 cm³/mol. The van der Waals surface area contributed by atoms with E-state index in [1.165, 1.54) is 0 Å². The van der Waals surface area contributed by atoms with E-state index in [0.717, 1.165) is 16.6 Å². The van der Waals surface area contributed by atoms with Crippen molar-refractivity contribution in [1.29, 1.82) is 0 Å². The van der Waals surface area contributed by atoms with Gasteiger partial charge >= 0.3 is 13.3 Å².